The molecule has 3 nitrogen and oxygen atoms in total. The van der Waals surface area contributed by atoms with Gasteiger partial charge >= 0.3 is 6.03 Å². The molecule has 0 aromatic rings. The Morgan fingerprint density at radius 3 is 3.00 bits per heavy atom. The van der Waals surface area contributed by atoms with Gasteiger partial charge in [-0.3, -0.25) is 0 Å². The zero-order valence-corrected chi connectivity index (χ0v) is 11.6. The Balaban J connectivity index is 1.86. The van der Waals surface area contributed by atoms with Crippen LogP contribution in [0.4, 0.5) is 4.79 Å². The van der Waals surface area contributed by atoms with Crippen LogP contribution in [0.2, 0.25) is 0 Å². The molecule has 1 saturated heterocycles. The molecule has 0 bridgehead atoms. The van der Waals surface area contributed by atoms with Gasteiger partial charge in [-0.25, -0.2) is 4.79 Å². The van der Waals surface area contributed by atoms with Gasteiger partial charge in [0.25, 0.3) is 0 Å². The Labute approximate surface area is 111 Å². The van der Waals surface area contributed by atoms with Gasteiger partial charge in [0.1, 0.15) is 0 Å². The number of allylic oxidation sites excluding steroid dienone is 2. The monoisotopic (exact) mass is 250 g/mol. The van der Waals surface area contributed by atoms with Gasteiger partial charge < -0.3 is 10.2 Å². The number of carbonyl (C=O) groups excluding carboxylic acids is 1. The minimum Gasteiger partial charge on any atom is -0.338 e. The van der Waals surface area contributed by atoms with Crippen LogP contribution in [0.25, 0.3) is 0 Å². The van der Waals surface area contributed by atoms with Crippen LogP contribution in [0.15, 0.2) is 12.2 Å². The van der Waals surface area contributed by atoms with Crippen LogP contribution in [0, 0.1) is 5.41 Å². The molecule has 2 aliphatic rings. The first-order valence-electron chi connectivity index (χ1n) is 7.43. The van der Waals surface area contributed by atoms with E-state index in [9.17, 15) is 4.79 Å². The number of nitrogens with one attached hydrogen (secondary N) is 1. The lowest BCUT2D eigenvalue weighted by Crippen LogP contribution is -2.50. The molecule has 1 heterocycles. The van der Waals surface area contributed by atoms with E-state index >= 15 is 0 Å². The summed E-state index contributed by atoms with van der Waals surface area (Å²) in [6, 6.07) is 0.150. The van der Waals surface area contributed by atoms with E-state index in [0.717, 1.165) is 45.3 Å². The summed E-state index contributed by atoms with van der Waals surface area (Å²) in [5, 5.41) is 3.04. The van der Waals surface area contributed by atoms with Crippen LogP contribution in [0.3, 0.4) is 0 Å². The molecule has 0 radical (unpaired) electrons. The number of hydrogen-bond acceptors (Lipinski definition) is 1. The smallest absolute Gasteiger partial charge is 0.317 e. The Bertz CT molecular complexity index is 314. The lowest BCUT2D eigenvalue weighted by atomic mass is 9.71. The van der Waals surface area contributed by atoms with Crippen molar-refractivity contribution in [1.29, 1.82) is 0 Å². The molecule has 2 rings (SSSR count). The number of urea groups is 1. The van der Waals surface area contributed by atoms with Gasteiger partial charge in [0.2, 0.25) is 0 Å². The van der Waals surface area contributed by atoms with Crippen molar-refractivity contribution in [1.82, 2.24) is 10.2 Å². The summed E-state index contributed by atoms with van der Waals surface area (Å²) in [5.41, 5.74) is 0.384. The van der Waals surface area contributed by atoms with Crippen molar-refractivity contribution in [2.24, 2.45) is 5.41 Å². The second kappa shape index (κ2) is 6.26. The third kappa shape index (κ3) is 3.27. The summed E-state index contributed by atoms with van der Waals surface area (Å²) < 4.78 is 0. The summed E-state index contributed by atoms with van der Waals surface area (Å²) in [4.78, 5) is 14.1. The van der Waals surface area contributed by atoms with Crippen LogP contribution < -0.4 is 5.32 Å². The van der Waals surface area contributed by atoms with E-state index in [1.54, 1.807) is 0 Å². The maximum absolute atomic E-state index is 12.1. The van der Waals surface area contributed by atoms with Crippen molar-refractivity contribution in [3.8, 4) is 0 Å². The highest BCUT2D eigenvalue weighted by molar-refractivity contribution is 5.74. The topological polar surface area (TPSA) is 32.3 Å². The Hall–Kier alpha value is -0.990. The molecule has 102 valence electrons. The molecule has 1 N–H and O–H groups in total. The van der Waals surface area contributed by atoms with Gasteiger partial charge in [-0.2, -0.15) is 0 Å². The molecule has 1 aliphatic carbocycles. The number of carbonyl (C=O) groups is 1. The summed E-state index contributed by atoms with van der Waals surface area (Å²) in [5.74, 6) is 0. The van der Waals surface area contributed by atoms with Crippen LogP contribution in [0.1, 0.15) is 51.9 Å². The van der Waals surface area contributed by atoms with E-state index in [1.807, 2.05) is 4.90 Å². The maximum atomic E-state index is 12.1. The van der Waals surface area contributed by atoms with Gasteiger partial charge in [-0.15, -0.1) is 0 Å². The van der Waals surface area contributed by atoms with Crippen LogP contribution in [-0.2, 0) is 0 Å². The number of rotatable bonds is 3. The summed E-state index contributed by atoms with van der Waals surface area (Å²) in [7, 11) is 0. The molecule has 1 spiro atoms. The second-order valence-electron chi connectivity index (χ2n) is 5.82. The average Bonchev–Trinajstić information content (AvgIpc) is 2.40. The van der Waals surface area contributed by atoms with Gasteiger partial charge in [0.15, 0.2) is 0 Å². The van der Waals surface area contributed by atoms with Gasteiger partial charge in [0, 0.05) is 19.6 Å². The van der Waals surface area contributed by atoms with E-state index in [-0.39, 0.29) is 6.03 Å². The quantitative estimate of drug-likeness (QED) is 0.605. The number of likely N-dealkylation sites (tertiary alicyclic amines) is 1. The Kier molecular flexibility index (Phi) is 4.67. The third-order valence-corrected chi connectivity index (χ3v) is 4.31. The van der Waals surface area contributed by atoms with E-state index in [0.29, 0.717) is 5.41 Å². The normalized spacial score (nSPS) is 27.5. The molecule has 1 atom stereocenters. The van der Waals surface area contributed by atoms with E-state index in [4.69, 9.17) is 0 Å². The molecule has 2 amide bonds. The molecule has 3 heteroatoms. The zero-order valence-electron chi connectivity index (χ0n) is 11.6. The van der Waals surface area contributed by atoms with Gasteiger partial charge in [0.05, 0.1) is 0 Å². The first-order chi connectivity index (χ1) is 8.76. The predicted molar refractivity (Wildman–Crippen MR) is 74.5 cm³/mol. The predicted octanol–water partition coefficient (Wildman–Crippen LogP) is 3.32. The maximum Gasteiger partial charge on any atom is 0.317 e. The largest absolute Gasteiger partial charge is 0.338 e. The van der Waals surface area contributed by atoms with Crippen molar-refractivity contribution in [3.63, 3.8) is 0 Å². The van der Waals surface area contributed by atoms with Gasteiger partial charge in [-0.05, 0) is 43.9 Å². The molecule has 1 unspecified atom stereocenters. The zero-order chi connectivity index (χ0) is 12.8. The second-order valence-corrected chi connectivity index (χ2v) is 5.82. The first-order valence-corrected chi connectivity index (χ1v) is 7.43. The number of nitrogens with zero attached hydrogens (tertiary/aromatic N) is 1. The molecule has 0 aromatic heterocycles. The molecule has 1 fully saturated rings. The van der Waals surface area contributed by atoms with E-state index in [1.165, 1.54) is 19.3 Å². The van der Waals surface area contributed by atoms with E-state index in [2.05, 4.69) is 24.4 Å². The first kappa shape index (κ1) is 13.4. The number of unbranched alkanes of at least 4 members (excludes halogenated alkanes) is 1. The van der Waals surface area contributed by atoms with Crippen molar-refractivity contribution in [3.05, 3.63) is 12.2 Å². The molecule has 0 aromatic carbocycles. The highest BCUT2D eigenvalue weighted by atomic mass is 16.2. The number of hydrogen-bond donors (Lipinski definition) is 1. The Morgan fingerprint density at radius 2 is 2.28 bits per heavy atom. The standard InChI is InChI=1S/C15H26N2O/c1-2-3-11-16-14(18)17-12-7-10-15(13-17)8-5-4-6-9-15/h4-5H,2-3,6-13H2,1H3,(H,16,18). The highest BCUT2D eigenvalue weighted by Gasteiger charge is 2.36. The van der Waals surface area contributed by atoms with Crippen molar-refractivity contribution in [2.75, 3.05) is 19.6 Å². The molecular weight excluding hydrogens is 224 g/mol. The number of piperidine rings is 1. The molecule has 0 saturated carbocycles. The third-order valence-electron chi connectivity index (χ3n) is 4.31. The van der Waals surface area contributed by atoms with Gasteiger partial charge in [-0.1, -0.05) is 25.5 Å². The van der Waals surface area contributed by atoms with Crippen molar-refractivity contribution < 1.29 is 4.79 Å². The average molecular weight is 250 g/mol. The minimum absolute atomic E-state index is 0.150. The SMILES string of the molecule is CCCCNC(=O)N1CCCC2(CC=CCC2)C1. The molecule has 1 aliphatic heterocycles. The fourth-order valence-corrected chi connectivity index (χ4v) is 3.18. The minimum atomic E-state index is 0.150. The highest BCUT2D eigenvalue weighted by Crippen LogP contribution is 2.40. The summed E-state index contributed by atoms with van der Waals surface area (Å²) in [6.07, 6.45) is 12.8. The fourth-order valence-electron chi connectivity index (χ4n) is 3.18. The summed E-state index contributed by atoms with van der Waals surface area (Å²) >= 11 is 0. The van der Waals surface area contributed by atoms with Crippen LogP contribution in [0.5, 0.6) is 0 Å². The van der Waals surface area contributed by atoms with Crippen LogP contribution in [-0.4, -0.2) is 30.6 Å². The lowest BCUT2D eigenvalue weighted by Gasteiger charge is -2.43. The molecular formula is C15H26N2O. The van der Waals surface area contributed by atoms with Crippen LogP contribution >= 0.6 is 0 Å². The van der Waals surface area contributed by atoms with Crippen molar-refractivity contribution >= 4 is 6.03 Å². The van der Waals surface area contributed by atoms with E-state index < -0.39 is 0 Å². The van der Waals surface area contributed by atoms with Crippen molar-refractivity contribution in [2.45, 2.75) is 51.9 Å². The summed E-state index contributed by atoms with van der Waals surface area (Å²) in [6.45, 7) is 4.86. The lowest BCUT2D eigenvalue weighted by molar-refractivity contribution is 0.0960. The molecule has 18 heavy (non-hydrogen) atoms. The Morgan fingerprint density at radius 1 is 1.39 bits per heavy atom. The number of amides is 2. The fraction of sp³-hybridized carbons (Fsp3) is 0.800.